The second kappa shape index (κ2) is 7.41. The predicted octanol–water partition coefficient (Wildman–Crippen LogP) is 6.80. The maximum absolute atomic E-state index is 2.59. The molecule has 0 saturated heterocycles. The Morgan fingerprint density at radius 3 is 2.33 bits per heavy atom. The fourth-order valence-corrected chi connectivity index (χ4v) is 8.93. The summed E-state index contributed by atoms with van der Waals surface area (Å²) in [5.41, 5.74) is 3.36. The van der Waals surface area contributed by atoms with Crippen molar-refractivity contribution in [2.75, 3.05) is 0 Å². The van der Waals surface area contributed by atoms with E-state index in [4.69, 9.17) is 0 Å². The Labute approximate surface area is 143 Å². The number of rotatable bonds is 8. The summed E-state index contributed by atoms with van der Waals surface area (Å²) in [5, 5.41) is 0. The summed E-state index contributed by atoms with van der Waals surface area (Å²) in [6.07, 6.45) is 22.6. The van der Waals surface area contributed by atoms with Gasteiger partial charge in [-0.05, 0) is 0 Å². The first-order valence-corrected chi connectivity index (χ1v) is 11.1. The van der Waals surface area contributed by atoms with Crippen molar-refractivity contribution in [3.63, 3.8) is 0 Å². The van der Waals surface area contributed by atoms with Crippen molar-refractivity contribution in [1.82, 2.24) is 0 Å². The van der Waals surface area contributed by atoms with Gasteiger partial charge in [-0.2, -0.15) is 0 Å². The molecular weight excluding hydrogens is 331 g/mol. The third kappa shape index (κ3) is 3.79. The van der Waals surface area contributed by atoms with Gasteiger partial charge in [0.2, 0.25) is 0 Å². The molecule has 2 atom stereocenters. The molecule has 0 spiro atoms. The molecule has 0 aromatic carbocycles. The van der Waals surface area contributed by atoms with Crippen molar-refractivity contribution in [2.45, 2.75) is 72.5 Å². The van der Waals surface area contributed by atoms with Gasteiger partial charge in [-0.15, -0.1) is 0 Å². The molecule has 0 heterocycles. The molecule has 2 unspecified atom stereocenters. The molecule has 0 aliphatic heterocycles. The van der Waals surface area contributed by atoms with E-state index in [1.54, 1.807) is 11.1 Å². The van der Waals surface area contributed by atoms with E-state index in [9.17, 15) is 0 Å². The van der Waals surface area contributed by atoms with Crippen LogP contribution in [-0.2, 0) is 23.2 Å². The van der Waals surface area contributed by atoms with Crippen molar-refractivity contribution in [1.29, 1.82) is 0 Å². The molecule has 0 aromatic rings. The molecule has 0 N–H and O–H groups in total. The van der Waals surface area contributed by atoms with Gasteiger partial charge in [-0.25, -0.2) is 0 Å². The second-order valence-corrected chi connectivity index (χ2v) is 12.1. The van der Waals surface area contributed by atoms with Gasteiger partial charge >= 0.3 is 143 Å². The van der Waals surface area contributed by atoms with Crippen LogP contribution in [0.15, 0.2) is 47.6 Å². The Hall–Kier alpha value is -0.157. The van der Waals surface area contributed by atoms with Gasteiger partial charge < -0.3 is 0 Å². The average molecular weight is 362 g/mol. The summed E-state index contributed by atoms with van der Waals surface area (Å²) < 4.78 is 0.893. The van der Waals surface area contributed by atoms with Gasteiger partial charge in [0, 0.05) is 0 Å². The van der Waals surface area contributed by atoms with Gasteiger partial charge in [0.15, 0.2) is 0 Å². The maximum atomic E-state index is 2.59. The van der Waals surface area contributed by atoms with Gasteiger partial charge in [-0.3, -0.25) is 0 Å². The number of unbranched alkanes of at least 4 members (excludes halogenated alkanes) is 2. The topological polar surface area (TPSA) is 0 Å². The first kappa shape index (κ1) is 17.2. The van der Waals surface area contributed by atoms with Crippen LogP contribution in [0.2, 0.25) is 6.25 Å². The summed E-state index contributed by atoms with van der Waals surface area (Å²) >= 11 is -0.636. The van der Waals surface area contributed by atoms with E-state index in [0.717, 1.165) is 0 Å². The third-order valence-corrected chi connectivity index (χ3v) is 10.6. The molecule has 2 rings (SSSR count). The van der Waals surface area contributed by atoms with Crippen LogP contribution < -0.4 is 0 Å². The zero-order valence-electron chi connectivity index (χ0n) is 14.2. The standard InChI is InChI=1S/C13H21.C7H9.Zr/c1-3-5-8-12-10-7-11-13(12)9-6-4-2;1-6-4-3-5-7(6)2;/h7,10-11H,3-6,8-9H2,1-2H3;3-5H,1-2H3;. The van der Waals surface area contributed by atoms with Crippen molar-refractivity contribution in [2.24, 2.45) is 0 Å². The molecule has 0 radical (unpaired) electrons. The Morgan fingerprint density at radius 1 is 1.00 bits per heavy atom. The van der Waals surface area contributed by atoms with Gasteiger partial charge in [0.1, 0.15) is 0 Å². The van der Waals surface area contributed by atoms with Crippen LogP contribution in [0, 0.1) is 0 Å². The minimum atomic E-state index is -0.636. The molecule has 2 aliphatic rings. The molecule has 0 saturated carbocycles. The molecule has 21 heavy (non-hydrogen) atoms. The van der Waals surface area contributed by atoms with E-state index in [2.05, 4.69) is 64.2 Å². The molecule has 1 heteroatoms. The predicted molar refractivity (Wildman–Crippen MR) is 90.2 cm³/mol. The average Bonchev–Trinajstić information content (AvgIpc) is 2.99. The molecule has 114 valence electrons. The van der Waals surface area contributed by atoms with Crippen LogP contribution in [-0.4, -0.2) is 0 Å². The summed E-state index contributed by atoms with van der Waals surface area (Å²) in [6.45, 7) is 9.47. The Kier molecular flexibility index (Phi) is 6.07. The normalized spacial score (nSPS) is 30.7. The van der Waals surface area contributed by atoms with E-state index in [0.29, 0.717) is 6.25 Å². The quantitative estimate of drug-likeness (QED) is 0.446. The fraction of sp³-hybridized carbons (Fsp3) is 0.600. The Balaban J connectivity index is 2.21. The van der Waals surface area contributed by atoms with Crippen molar-refractivity contribution in [3.05, 3.63) is 47.6 Å². The Morgan fingerprint density at radius 2 is 1.71 bits per heavy atom. The van der Waals surface area contributed by atoms with Crippen molar-refractivity contribution >= 4 is 0 Å². The summed E-state index contributed by atoms with van der Waals surface area (Å²) in [4.78, 5) is 0. The van der Waals surface area contributed by atoms with Gasteiger partial charge in [0.25, 0.3) is 0 Å². The van der Waals surface area contributed by atoms with E-state index < -0.39 is 23.2 Å². The summed E-state index contributed by atoms with van der Waals surface area (Å²) in [5.74, 6) is 0. The zero-order chi connectivity index (χ0) is 15.3. The van der Waals surface area contributed by atoms with Crippen molar-refractivity contribution < 1.29 is 23.2 Å². The summed E-state index contributed by atoms with van der Waals surface area (Å²) in [6, 6.07) is 0. The number of hydrogen-bond acceptors (Lipinski definition) is 0. The monoisotopic (exact) mass is 360 g/mol. The van der Waals surface area contributed by atoms with Crippen LogP contribution in [0.4, 0.5) is 0 Å². The first-order valence-electron chi connectivity index (χ1n) is 8.61. The number of allylic oxidation sites excluding steroid dienone is 8. The van der Waals surface area contributed by atoms with E-state index in [-0.39, 0.29) is 0 Å². The molecule has 2 aliphatic carbocycles. The molecule has 0 amide bonds. The van der Waals surface area contributed by atoms with Crippen LogP contribution >= 0.6 is 0 Å². The van der Waals surface area contributed by atoms with Crippen LogP contribution in [0.5, 0.6) is 0 Å². The molecule has 0 bridgehead atoms. The van der Waals surface area contributed by atoms with Crippen LogP contribution in [0.3, 0.4) is 0 Å². The molecule has 0 nitrogen and oxygen atoms in total. The van der Waals surface area contributed by atoms with E-state index in [1.165, 1.54) is 38.5 Å². The van der Waals surface area contributed by atoms with Gasteiger partial charge in [0.05, 0.1) is 0 Å². The first-order chi connectivity index (χ1) is 10.1. The van der Waals surface area contributed by atoms with Crippen molar-refractivity contribution in [3.8, 4) is 0 Å². The molecular formula is C20H30Zr. The zero-order valence-corrected chi connectivity index (χ0v) is 16.7. The van der Waals surface area contributed by atoms with E-state index in [1.807, 2.05) is 0 Å². The van der Waals surface area contributed by atoms with Crippen LogP contribution in [0.1, 0.15) is 66.2 Å². The van der Waals surface area contributed by atoms with E-state index >= 15 is 0 Å². The Bertz CT molecular complexity index is 480. The SMILES string of the molecule is CCCCC1=CC=C[C]1(CCCC)[Zr][C]1(C)C=CC=C1C. The fourth-order valence-electron chi connectivity index (χ4n) is 3.43. The molecule has 0 aromatic heterocycles. The minimum absolute atomic E-state index is 0.414. The van der Waals surface area contributed by atoms with Crippen LogP contribution in [0.25, 0.3) is 0 Å². The molecule has 0 fully saturated rings. The number of hydrogen-bond donors (Lipinski definition) is 0. The third-order valence-electron chi connectivity index (χ3n) is 5.05. The second-order valence-electron chi connectivity index (χ2n) is 6.77. The van der Waals surface area contributed by atoms with Gasteiger partial charge in [-0.1, -0.05) is 0 Å². The summed E-state index contributed by atoms with van der Waals surface area (Å²) in [7, 11) is 0.